The first kappa shape index (κ1) is 23.3. The number of aromatic nitrogens is 2. The van der Waals surface area contributed by atoms with Crippen molar-refractivity contribution >= 4 is 45.6 Å². The smallest absolute Gasteiger partial charge is 0.389 e. The molecule has 0 aliphatic carbocycles. The number of carbonyl (C=O) groups is 1. The van der Waals surface area contributed by atoms with Crippen LogP contribution in [0.2, 0.25) is 5.15 Å². The van der Waals surface area contributed by atoms with Crippen LogP contribution in [0, 0.1) is 17.6 Å². The molecule has 2 heterocycles. The van der Waals surface area contributed by atoms with Gasteiger partial charge in [0.2, 0.25) is 5.91 Å². The first-order valence-corrected chi connectivity index (χ1v) is 10.8. The fourth-order valence-corrected chi connectivity index (χ4v) is 4.49. The maximum absolute atomic E-state index is 12.6. The molecule has 0 bridgehead atoms. The molecule has 0 aliphatic heterocycles. The molecular formula is C18H17ClF3N3O2S2. The first-order chi connectivity index (χ1) is 13.7. The Morgan fingerprint density at radius 3 is 2.86 bits per heavy atom. The molecule has 156 valence electrons. The highest BCUT2D eigenvalue weighted by atomic mass is 35.5. The minimum absolute atomic E-state index is 0.0112. The Morgan fingerprint density at radius 1 is 1.45 bits per heavy atom. The van der Waals surface area contributed by atoms with Crippen molar-refractivity contribution in [3.8, 4) is 22.9 Å². The number of nitrogens with zero attached hydrogens (tertiary/aromatic N) is 3. The van der Waals surface area contributed by atoms with Crippen LogP contribution >= 0.6 is 34.7 Å². The zero-order valence-corrected chi connectivity index (χ0v) is 17.5. The lowest BCUT2D eigenvalue weighted by molar-refractivity contribution is -0.604. The predicted octanol–water partition coefficient (Wildman–Crippen LogP) is 4.53. The number of anilines is 1. The number of carbonyl (C=O) groups excluding carboxylic acids is 1. The number of alkyl halides is 3. The van der Waals surface area contributed by atoms with Gasteiger partial charge in [0.1, 0.15) is 10.0 Å². The predicted molar refractivity (Wildman–Crippen MR) is 110 cm³/mol. The van der Waals surface area contributed by atoms with E-state index in [-0.39, 0.29) is 30.4 Å². The molecule has 0 atom stereocenters. The highest BCUT2D eigenvalue weighted by molar-refractivity contribution is 7.99. The minimum Gasteiger partial charge on any atom is -0.619 e. The highest BCUT2D eigenvalue weighted by Crippen LogP contribution is 2.37. The van der Waals surface area contributed by atoms with E-state index in [0.29, 0.717) is 31.8 Å². The normalized spacial score (nSPS) is 11.3. The molecule has 11 heteroatoms. The molecule has 0 saturated carbocycles. The molecule has 2 aromatic heterocycles. The van der Waals surface area contributed by atoms with Crippen molar-refractivity contribution in [3.05, 3.63) is 34.9 Å². The fourth-order valence-electron chi connectivity index (χ4n) is 2.30. The van der Waals surface area contributed by atoms with Crippen LogP contribution in [0.15, 0.2) is 24.5 Å². The van der Waals surface area contributed by atoms with E-state index in [1.54, 1.807) is 12.1 Å². The van der Waals surface area contributed by atoms with Crippen LogP contribution in [-0.4, -0.2) is 35.1 Å². The van der Waals surface area contributed by atoms with Gasteiger partial charge >= 0.3 is 6.18 Å². The third kappa shape index (κ3) is 7.42. The summed E-state index contributed by atoms with van der Waals surface area (Å²) in [7, 11) is 0. The summed E-state index contributed by atoms with van der Waals surface area (Å²) in [6, 6.07) is 3.26. The van der Waals surface area contributed by atoms with Crippen molar-refractivity contribution in [1.29, 1.82) is 0 Å². The Kier molecular flexibility index (Phi) is 8.61. The Bertz CT molecular complexity index is 884. The number of rotatable bonds is 9. The van der Waals surface area contributed by atoms with Crippen molar-refractivity contribution in [3.63, 3.8) is 0 Å². The summed E-state index contributed by atoms with van der Waals surface area (Å²) in [5.41, 5.74) is 0.550. The Hall–Kier alpha value is -1.96. The summed E-state index contributed by atoms with van der Waals surface area (Å²) >= 11 is 8.60. The summed E-state index contributed by atoms with van der Waals surface area (Å²) in [5, 5.41) is 12.4. The quantitative estimate of drug-likeness (QED) is 0.237. The zero-order valence-electron chi connectivity index (χ0n) is 15.1. The lowest BCUT2D eigenvalue weighted by atomic mass is 10.3. The van der Waals surface area contributed by atoms with Gasteiger partial charge in [-0.1, -0.05) is 28.9 Å². The van der Waals surface area contributed by atoms with Crippen molar-refractivity contribution in [2.24, 2.45) is 0 Å². The van der Waals surface area contributed by atoms with Crippen LogP contribution in [0.4, 0.5) is 18.2 Å². The Morgan fingerprint density at radius 2 is 2.21 bits per heavy atom. The number of hydrogen-bond donors (Lipinski definition) is 0. The van der Waals surface area contributed by atoms with Crippen molar-refractivity contribution < 1.29 is 22.7 Å². The molecule has 1 amide bonds. The molecule has 0 saturated heterocycles. The van der Waals surface area contributed by atoms with E-state index >= 15 is 0 Å². The van der Waals surface area contributed by atoms with Gasteiger partial charge in [-0.05, 0) is 18.2 Å². The molecule has 5 nitrogen and oxygen atoms in total. The molecular weight excluding hydrogens is 447 g/mol. The summed E-state index contributed by atoms with van der Waals surface area (Å²) < 4.78 is 37.0. The van der Waals surface area contributed by atoms with Crippen LogP contribution in [0.5, 0.6) is 0 Å². The van der Waals surface area contributed by atoms with Crippen molar-refractivity contribution in [2.45, 2.75) is 25.4 Å². The maximum Gasteiger partial charge on any atom is 0.389 e. The summed E-state index contributed by atoms with van der Waals surface area (Å²) in [6.07, 6.45) is 3.16. The number of hydrogen-bond acceptors (Lipinski definition) is 5. The highest BCUT2D eigenvalue weighted by Gasteiger charge is 2.26. The first-order valence-electron chi connectivity index (χ1n) is 8.45. The van der Waals surface area contributed by atoms with E-state index in [1.165, 1.54) is 29.1 Å². The van der Waals surface area contributed by atoms with E-state index in [2.05, 4.69) is 10.9 Å². The van der Waals surface area contributed by atoms with Crippen LogP contribution in [0.1, 0.15) is 19.3 Å². The largest absolute Gasteiger partial charge is 0.619 e. The monoisotopic (exact) mass is 463 g/mol. The molecule has 0 aromatic carbocycles. The maximum atomic E-state index is 12.6. The Labute approximate surface area is 179 Å². The van der Waals surface area contributed by atoms with E-state index in [1.807, 2.05) is 0 Å². The molecule has 0 unspecified atom stereocenters. The lowest BCUT2D eigenvalue weighted by Crippen LogP contribution is -2.31. The number of thiazole rings is 1. The summed E-state index contributed by atoms with van der Waals surface area (Å²) in [6.45, 7) is -0.0186. The second-order valence-corrected chi connectivity index (χ2v) is 8.39. The SMILES string of the molecule is C#CCN(C(=O)CCSCCCC(F)(F)F)c1sc(-c2ccc[n+]([O-])c2)nc1Cl. The standard InChI is InChI=1S/C18H17ClF3N3O2S2/c1-2-8-25(14(26)6-11-28-10-4-7-18(20,21)22)17-15(19)23-16(29-17)13-5-3-9-24(27)12-13/h1,3,5,9,12H,4,6-8,10-11H2. The van der Waals surface area contributed by atoms with Crippen LogP contribution in [-0.2, 0) is 4.79 Å². The van der Waals surface area contributed by atoms with E-state index in [0.717, 1.165) is 11.3 Å². The minimum atomic E-state index is -4.16. The second-order valence-electron chi connectivity index (χ2n) is 5.83. The van der Waals surface area contributed by atoms with E-state index in [4.69, 9.17) is 18.0 Å². The fraction of sp³-hybridized carbons (Fsp3) is 0.389. The van der Waals surface area contributed by atoms with Crippen LogP contribution in [0.25, 0.3) is 10.6 Å². The van der Waals surface area contributed by atoms with E-state index < -0.39 is 12.6 Å². The average molecular weight is 464 g/mol. The molecule has 0 spiro atoms. The number of thioether (sulfide) groups is 1. The van der Waals surface area contributed by atoms with Gasteiger partial charge in [-0.2, -0.15) is 29.7 Å². The average Bonchev–Trinajstić information content (AvgIpc) is 3.03. The molecule has 2 aromatic rings. The van der Waals surface area contributed by atoms with E-state index in [9.17, 15) is 23.2 Å². The molecule has 29 heavy (non-hydrogen) atoms. The van der Waals surface area contributed by atoms with Crippen molar-refractivity contribution in [2.75, 3.05) is 23.0 Å². The third-order valence-electron chi connectivity index (χ3n) is 3.60. The zero-order chi connectivity index (χ0) is 21.4. The van der Waals surface area contributed by atoms with Gasteiger partial charge in [0, 0.05) is 24.7 Å². The van der Waals surface area contributed by atoms with Gasteiger partial charge in [-0.25, -0.2) is 4.98 Å². The van der Waals surface area contributed by atoms with Gasteiger partial charge in [-0.3, -0.25) is 9.69 Å². The molecule has 0 radical (unpaired) electrons. The number of pyridine rings is 1. The molecule has 0 N–H and O–H groups in total. The molecule has 0 fully saturated rings. The number of amides is 1. The lowest BCUT2D eigenvalue weighted by Gasteiger charge is -2.18. The Balaban J connectivity index is 2.00. The van der Waals surface area contributed by atoms with Gasteiger partial charge in [0.05, 0.1) is 12.1 Å². The van der Waals surface area contributed by atoms with Crippen LogP contribution in [0.3, 0.4) is 0 Å². The molecule has 0 aliphatic rings. The van der Waals surface area contributed by atoms with Gasteiger partial charge in [-0.15, -0.1) is 6.42 Å². The topological polar surface area (TPSA) is 60.1 Å². The number of halogens is 4. The van der Waals surface area contributed by atoms with Gasteiger partial charge < -0.3 is 5.21 Å². The summed E-state index contributed by atoms with van der Waals surface area (Å²) in [4.78, 5) is 18.1. The van der Waals surface area contributed by atoms with Gasteiger partial charge in [0.15, 0.2) is 17.5 Å². The van der Waals surface area contributed by atoms with Crippen LogP contribution < -0.4 is 9.63 Å². The number of terminal acetylenes is 1. The van der Waals surface area contributed by atoms with Crippen molar-refractivity contribution in [1.82, 2.24) is 4.98 Å². The molecule has 2 rings (SSSR count). The van der Waals surface area contributed by atoms with Gasteiger partial charge in [0.25, 0.3) is 0 Å². The third-order valence-corrected chi connectivity index (χ3v) is 6.17. The second kappa shape index (κ2) is 10.7. The summed E-state index contributed by atoms with van der Waals surface area (Å²) in [5.74, 6) is 2.79.